The van der Waals surface area contributed by atoms with E-state index in [1.54, 1.807) is 30.3 Å². The highest BCUT2D eigenvalue weighted by Gasteiger charge is 2.19. The Balaban J connectivity index is 1.91. The van der Waals surface area contributed by atoms with Gasteiger partial charge in [-0.15, -0.1) is 0 Å². The minimum absolute atomic E-state index is 0.0122. The summed E-state index contributed by atoms with van der Waals surface area (Å²) >= 11 is 0. The van der Waals surface area contributed by atoms with Gasteiger partial charge in [0.05, 0.1) is 12.3 Å². The summed E-state index contributed by atoms with van der Waals surface area (Å²) in [7, 11) is 1.75. The zero-order valence-corrected chi connectivity index (χ0v) is 11.7. The number of aryl methyl sites for hydroxylation is 1. The van der Waals surface area contributed by atoms with E-state index in [-0.39, 0.29) is 17.8 Å². The van der Waals surface area contributed by atoms with Crippen molar-refractivity contribution in [3.05, 3.63) is 59.8 Å². The van der Waals surface area contributed by atoms with Crippen molar-refractivity contribution in [1.82, 2.24) is 4.90 Å². The molecule has 0 fully saturated rings. The van der Waals surface area contributed by atoms with Crippen LogP contribution < -0.4 is 0 Å². The molecule has 4 heteroatoms. The standard InChI is InChI=1S/C16H18FNO2/c1-12(15-7-4-10-20-15)18(2)16(19)9-8-13-5-3-6-14(17)11-13/h3-7,10-12H,8-9H2,1-2H3. The van der Waals surface area contributed by atoms with Crippen LogP contribution in [0.2, 0.25) is 0 Å². The van der Waals surface area contributed by atoms with E-state index in [4.69, 9.17) is 4.42 Å². The van der Waals surface area contributed by atoms with Gasteiger partial charge in [0, 0.05) is 13.5 Å². The van der Waals surface area contributed by atoms with E-state index in [0.29, 0.717) is 12.8 Å². The number of nitrogens with zero attached hydrogens (tertiary/aromatic N) is 1. The summed E-state index contributed by atoms with van der Waals surface area (Å²) in [6, 6.07) is 9.89. The van der Waals surface area contributed by atoms with Gasteiger partial charge in [0.15, 0.2) is 0 Å². The SMILES string of the molecule is CC(c1ccco1)N(C)C(=O)CCc1cccc(F)c1. The topological polar surface area (TPSA) is 33.5 Å². The first kappa shape index (κ1) is 14.3. The highest BCUT2D eigenvalue weighted by Crippen LogP contribution is 2.20. The van der Waals surface area contributed by atoms with Crippen molar-refractivity contribution < 1.29 is 13.6 Å². The molecule has 2 aromatic rings. The molecule has 20 heavy (non-hydrogen) atoms. The molecular weight excluding hydrogens is 257 g/mol. The molecule has 1 amide bonds. The molecule has 0 spiro atoms. The molecule has 106 valence electrons. The second-order valence-electron chi connectivity index (χ2n) is 4.83. The highest BCUT2D eigenvalue weighted by molar-refractivity contribution is 5.76. The Kier molecular flexibility index (Phi) is 4.56. The Morgan fingerprint density at radius 3 is 2.80 bits per heavy atom. The van der Waals surface area contributed by atoms with Gasteiger partial charge < -0.3 is 9.32 Å². The molecule has 2 rings (SSSR count). The molecule has 0 aliphatic rings. The van der Waals surface area contributed by atoms with Crippen LogP contribution in [-0.4, -0.2) is 17.9 Å². The monoisotopic (exact) mass is 275 g/mol. The lowest BCUT2D eigenvalue weighted by molar-refractivity contribution is -0.132. The third-order valence-corrected chi connectivity index (χ3v) is 3.45. The van der Waals surface area contributed by atoms with E-state index in [9.17, 15) is 9.18 Å². The van der Waals surface area contributed by atoms with Crippen molar-refractivity contribution in [2.45, 2.75) is 25.8 Å². The van der Waals surface area contributed by atoms with Crippen LogP contribution in [0.1, 0.15) is 30.7 Å². The Bertz CT molecular complexity index is 566. The van der Waals surface area contributed by atoms with Crippen LogP contribution in [0.15, 0.2) is 47.1 Å². The van der Waals surface area contributed by atoms with Crippen molar-refractivity contribution in [1.29, 1.82) is 0 Å². The molecule has 0 aliphatic carbocycles. The summed E-state index contributed by atoms with van der Waals surface area (Å²) in [4.78, 5) is 13.8. The molecule has 0 saturated heterocycles. The second kappa shape index (κ2) is 6.37. The molecule has 0 N–H and O–H groups in total. The van der Waals surface area contributed by atoms with Gasteiger partial charge in [-0.2, -0.15) is 0 Å². The van der Waals surface area contributed by atoms with Crippen LogP contribution in [-0.2, 0) is 11.2 Å². The number of furan rings is 1. The fourth-order valence-corrected chi connectivity index (χ4v) is 2.06. The van der Waals surface area contributed by atoms with Crippen molar-refractivity contribution in [2.24, 2.45) is 0 Å². The lowest BCUT2D eigenvalue weighted by Crippen LogP contribution is -2.29. The fraction of sp³-hybridized carbons (Fsp3) is 0.312. The molecule has 0 radical (unpaired) electrons. The van der Waals surface area contributed by atoms with E-state index in [1.165, 1.54) is 12.1 Å². The molecular formula is C16H18FNO2. The van der Waals surface area contributed by atoms with Gasteiger partial charge >= 0.3 is 0 Å². The van der Waals surface area contributed by atoms with Crippen LogP contribution in [0.25, 0.3) is 0 Å². The van der Waals surface area contributed by atoms with E-state index >= 15 is 0 Å². The molecule has 1 atom stereocenters. The van der Waals surface area contributed by atoms with E-state index in [2.05, 4.69) is 0 Å². The molecule has 0 bridgehead atoms. The third kappa shape index (κ3) is 3.47. The van der Waals surface area contributed by atoms with Gasteiger partial charge in [-0.3, -0.25) is 4.79 Å². The minimum Gasteiger partial charge on any atom is -0.467 e. The molecule has 0 saturated carbocycles. The van der Waals surface area contributed by atoms with Gasteiger partial charge in [0.25, 0.3) is 0 Å². The lowest BCUT2D eigenvalue weighted by Gasteiger charge is -2.23. The van der Waals surface area contributed by atoms with Gasteiger partial charge in [0.2, 0.25) is 5.91 Å². The van der Waals surface area contributed by atoms with Crippen molar-refractivity contribution in [2.75, 3.05) is 7.05 Å². The summed E-state index contributed by atoms with van der Waals surface area (Å²) in [5.74, 6) is 0.497. The summed E-state index contributed by atoms with van der Waals surface area (Å²) in [5, 5.41) is 0. The normalized spacial score (nSPS) is 12.2. The Morgan fingerprint density at radius 1 is 1.35 bits per heavy atom. The van der Waals surface area contributed by atoms with E-state index in [0.717, 1.165) is 11.3 Å². The van der Waals surface area contributed by atoms with Crippen LogP contribution in [0.5, 0.6) is 0 Å². The van der Waals surface area contributed by atoms with Gasteiger partial charge in [0.1, 0.15) is 11.6 Å². The van der Waals surface area contributed by atoms with Crippen LogP contribution in [0, 0.1) is 5.82 Å². The van der Waals surface area contributed by atoms with Gasteiger partial charge in [-0.05, 0) is 43.2 Å². The first-order valence-electron chi connectivity index (χ1n) is 6.61. The van der Waals surface area contributed by atoms with Gasteiger partial charge in [-0.1, -0.05) is 12.1 Å². The van der Waals surface area contributed by atoms with Crippen molar-refractivity contribution >= 4 is 5.91 Å². The number of benzene rings is 1. The number of carbonyl (C=O) groups excluding carboxylic acids is 1. The number of hydrogen-bond acceptors (Lipinski definition) is 2. The number of hydrogen-bond donors (Lipinski definition) is 0. The number of amides is 1. The number of carbonyl (C=O) groups is 1. The summed E-state index contributed by atoms with van der Waals surface area (Å²) in [6.07, 6.45) is 2.48. The zero-order valence-electron chi connectivity index (χ0n) is 11.7. The summed E-state index contributed by atoms with van der Waals surface area (Å²) in [6.45, 7) is 1.92. The molecule has 1 aromatic carbocycles. The van der Waals surface area contributed by atoms with Crippen molar-refractivity contribution in [3.8, 4) is 0 Å². The largest absolute Gasteiger partial charge is 0.467 e. The Morgan fingerprint density at radius 2 is 2.15 bits per heavy atom. The number of rotatable bonds is 5. The Labute approximate surface area is 118 Å². The maximum atomic E-state index is 13.1. The van der Waals surface area contributed by atoms with Gasteiger partial charge in [-0.25, -0.2) is 4.39 Å². The molecule has 1 heterocycles. The highest BCUT2D eigenvalue weighted by atomic mass is 19.1. The van der Waals surface area contributed by atoms with Crippen molar-refractivity contribution in [3.63, 3.8) is 0 Å². The molecule has 3 nitrogen and oxygen atoms in total. The lowest BCUT2D eigenvalue weighted by atomic mass is 10.1. The average molecular weight is 275 g/mol. The number of halogens is 1. The maximum absolute atomic E-state index is 13.1. The maximum Gasteiger partial charge on any atom is 0.223 e. The quantitative estimate of drug-likeness (QED) is 0.835. The Hall–Kier alpha value is -2.10. The first-order chi connectivity index (χ1) is 9.58. The average Bonchev–Trinajstić information content (AvgIpc) is 2.97. The van der Waals surface area contributed by atoms with E-state index in [1.807, 2.05) is 19.1 Å². The molecule has 1 unspecified atom stereocenters. The first-order valence-corrected chi connectivity index (χ1v) is 6.61. The van der Waals surface area contributed by atoms with E-state index < -0.39 is 0 Å². The smallest absolute Gasteiger partial charge is 0.223 e. The third-order valence-electron chi connectivity index (χ3n) is 3.45. The fourth-order valence-electron chi connectivity index (χ4n) is 2.06. The molecule has 1 aromatic heterocycles. The zero-order chi connectivity index (χ0) is 14.5. The molecule has 0 aliphatic heterocycles. The van der Waals surface area contributed by atoms with Crippen LogP contribution in [0.3, 0.4) is 0 Å². The summed E-state index contributed by atoms with van der Waals surface area (Å²) < 4.78 is 18.4. The summed E-state index contributed by atoms with van der Waals surface area (Å²) in [5.41, 5.74) is 0.831. The predicted octanol–water partition coefficient (Wildman–Crippen LogP) is 3.57. The van der Waals surface area contributed by atoms with Crippen LogP contribution >= 0.6 is 0 Å². The second-order valence-corrected chi connectivity index (χ2v) is 4.83. The van der Waals surface area contributed by atoms with Crippen LogP contribution in [0.4, 0.5) is 4.39 Å². The minimum atomic E-state index is -0.271. The predicted molar refractivity (Wildman–Crippen MR) is 74.6 cm³/mol.